The van der Waals surface area contributed by atoms with E-state index < -0.39 is 0 Å². The lowest BCUT2D eigenvalue weighted by molar-refractivity contribution is 0.0836. The zero-order valence-corrected chi connectivity index (χ0v) is 16.9. The van der Waals surface area contributed by atoms with E-state index in [9.17, 15) is 0 Å². The molecule has 1 saturated carbocycles. The first-order valence-corrected chi connectivity index (χ1v) is 11.1. The lowest BCUT2D eigenvalue weighted by atomic mass is 9.87. The van der Waals surface area contributed by atoms with Gasteiger partial charge in [0, 0.05) is 56.8 Å². The molecule has 2 aromatic rings. The van der Waals surface area contributed by atoms with Crippen molar-refractivity contribution >= 4 is 11.6 Å². The molecule has 0 radical (unpaired) electrons. The number of ether oxygens (including phenoxy) is 1. The van der Waals surface area contributed by atoms with Crippen LogP contribution in [0, 0.1) is 0 Å². The van der Waals surface area contributed by atoms with Crippen LogP contribution in [-0.4, -0.2) is 58.5 Å². The van der Waals surface area contributed by atoms with Crippen molar-refractivity contribution in [1.82, 2.24) is 24.9 Å². The Hall–Kier alpha value is -1.73. The van der Waals surface area contributed by atoms with Crippen molar-refractivity contribution in [2.75, 3.05) is 37.7 Å². The van der Waals surface area contributed by atoms with E-state index in [2.05, 4.69) is 23.2 Å². The second kappa shape index (κ2) is 7.95. The summed E-state index contributed by atoms with van der Waals surface area (Å²) in [5.74, 6) is 3.86. The van der Waals surface area contributed by atoms with Crippen LogP contribution < -0.4 is 10.2 Å². The van der Waals surface area contributed by atoms with E-state index in [-0.39, 0.29) is 0 Å². The minimum absolute atomic E-state index is 0.392. The Morgan fingerprint density at radius 2 is 1.86 bits per heavy atom. The van der Waals surface area contributed by atoms with Gasteiger partial charge in [-0.2, -0.15) is 9.50 Å². The summed E-state index contributed by atoms with van der Waals surface area (Å²) >= 11 is 0. The van der Waals surface area contributed by atoms with Crippen LogP contribution in [-0.2, 0) is 4.74 Å². The molecule has 5 rings (SSSR count). The Labute approximate surface area is 166 Å². The van der Waals surface area contributed by atoms with Gasteiger partial charge >= 0.3 is 0 Å². The van der Waals surface area contributed by atoms with Crippen LogP contribution in [0.2, 0.25) is 0 Å². The number of nitrogens with zero attached hydrogens (tertiary/aromatic N) is 5. The van der Waals surface area contributed by atoms with Gasteiger partial charge in [0.05, 0.1) is 5.69 Å². The van der Waals surface area contributed by atoms with Crippen molar-refractivity contribution in [3.05, 3.63) is 17.6 Å². The summed E-state index contributed by atoms with van der Waals surface area (Å²) < 4.78 is 7.54. The van der Waals surface area contributed by atoms with Crippen molar-refractivity contribution in [3.63, 3.8) is 0 Å². The molecule has 0 bridgehead atoms. The van der Waals surface area contributed by atoms with E-state index in [1.165, 1.54) is 43.6 Å². The van der Waals surface area contributed by atoms with Crippen molar-refractivity contribution < 1.29 is 4.74 Å². The molecule has 7 heteroatoms. The minimum atomic E-state index is 0.392. The fourth-order valence-electron chi connectivity index (χ4n) is 4.99. The van der Waals surface area contributed by atoms with Crippen molar-refractivity contribution in [3.8, 4) is 0 Å². The molecule has 2 saturated heterocycles. The van der Waals surface area contributed by atoms with E-state index in [4.69, 9.17) is 19.8 Å². The van der Waals surface area contributed by atoms with Gasteiger partial charge < -0.3 is 15.0 Å². The van der Waals surface area contributed by atoms with Gasteiger partial charge in [0.2, 0.25) is 0 Å². The van der Waals surface area contributed by atoms with Gasteiger partial charge in [-0.1, -0.05) is 19.3 Å². The molecule has 152 valence electrons. The van der Waals surface area contributed by atoms with E-state index in [0.717, 1.165) is 57.3 Å². The number of fused-ring (bicyclic) bond motifs is 1. The second-order valence-electron chi connectivity index (χ2n) is 8.74. The summed E-state index contributed by atoms with van der Waals surface area (Å²) in [4.78, 5) is 12.4. The minimum Gasteiger partial charge on any atom is -0.381 e. The number of piperazine rings is 1. The number of anilines is 1. The Balaban J connectivity index is 1.55. The Kier molecular flexibility index (Phi) is 5.20. The first-order chi connectivity index (χ1) is 13.8. The van der Waals surface area contributed by atoms with Crippen LogP contribution >= 0.6 is 0 Å². The maximum absolute atomic E-state index is 5.53. The molecule has 3 aliphatic rings. The number of hydrogen-bond donors (Lipinski definition) is 1. The third-order valence-electron chi connectivity index (χ3n) is 6.63. The number of rotatable bonds is 3. The fraction of sp³-hybridized carbons (Fsp3) is 0.762. The predicted octanol–water partition coefficient (Wildman–Crippen LogP) is 2.86. The maximum atomic E-state index is 5.53. The third kappa shape index (κ3) is 3.62. The number of hydrogen-bond acceptors (Lipinski definition) is 6. The highest BCUT2D eigenvalue weighted by molar-refractivity contribution is 5.49. The summed E-state index contributed by atoms with van der Waals surface area (Å²) in [6.45, 7) is 6.87. The number of nitrogens with one attached hydrogen (secondary N) is 1. The normalized spacial score (nSPS) is 25.5. The van der Waals surface area contributed by atoms with Gasteiger partial charge in [-0.05, 0) is 32.6 Å². The molecule has 1 aliphatic carbocycles. The zero-order valence-electron chi connectivity index (χ0n) is 16.9. The standard InChI is InChI=1S/C21H32N6O/c1-15-14-26(10-9-22-15)19-13-18(16-5-3-2-4-6-16)23-21-24-20(25-27(19)21)17-7-11-28-12-8-17/h13,15-17,22H,2-12,14H2,1H3. The summed E-state index contributed by atoms with van der Waals surface area (Å²) in [5.41, 5.74) is 1.22. The average Bonchev–Trinajstić information content (AvgIpc) is 3.18. The van der Waals surface area contributed by atoms with Gasteiger partial charge in [-0.25, -0.2) is 4.98 Å². The van der Waals surface area contributed by atoms with E-state index in [1.54, 1.807) is 0 Å². The topological polar surface area (TPSA) is 67.6 Å². The van der Waals surface area contributed by atoms with Crippen LogP contribution in [0.4, 0.5) is 5.82 Å². The molecule has 0 aromatic carbocycles. The highest BCUT2D eigenvalue weighted by Gasteiger charge is 2.26. The first kappa shape index (κ1) is 18.3. The molecule has 1 unspecified atom stereocenters. The molecule has 0 amide bonds. The Bertz CT molecular complexity index is 809. The van der Waals surface area contributed by atoms with E-state index >= 15 is 0 Å². The largest absolute Gasteiger partial charge is 0.381 e. The third-order valence-corrected chi connectivity index (χ3v) is 6.63. The van der Waals surface area contributed by atoms with Crippen molar-refractivity contribution in [2.45, 2.75) is 69.7 Å². The average molecular weight is 385 g/mol. The van der Waals surface area contributed by atoms with Gasteiger partial charge in [0.1, 0.15) is 5.82 Å². The molecule has 1 atom stereocenters. The molecule has 2 aromatic heterocycles. The Morgan fingerprint density at radius 1 is 1.04 bits per heavy atom. The van der Waals surface area contributed by atoms with Gasteiger partial charge in [0.15, 0.2) is 5.82 Å². The van der Waals surface area contributed by atoms with Crippen LogP contribution in [0.3, 0.4) is 0 Å². The summed E-state index contributed by atoms with van der Waals surface area (Å²) in [7, 11) is 0. The lowest BCUT2D eigenvalue weighted by Gasteiger charge is -2.34. The zero-order chi connectivity index (χ0) is 18.9. The smallest absolute Gasteiger partial charge is 0.254 e. The first-order valence-electron chi connectivity index (χ1n) is 11.1. The highest BCUT2D eigenvalue weighted by Crippen LogP contribution is 2.34. The fourth-order valence-corrected chi connectivity index (χ4v) is 4.99. The molecule has 7 nitrogen and oxygen atoms in total. The molecular weight excluding hydrogens is 352 g/mol. The van der Waals surface area contributed by atoms with Crippen molar-refractivity contribution in [1.29, 1.82) is 0 Å². The summed E-state index contributed by atoms with van der Waals surface area (Å²) in [6, 6.07) is 2.79. The second-order valence-corrected chi connectivity index (χ2v) is 8.74. The predicted molar refractivity (Wildman–Crippen MR) is 109 cm³/mol. The SMILES string of the molecule is CC1CN(c2cc(C3CCCCC3)nc3nc(C4CCOCC4)nn23)CCN1. The van der Waals surface area contributed by atoms with E-state index in [0.29, 0.717) is 17.9 Å². The summed E-state index contributed by atoms with van der Waals surface area (Å²) in [5, 5.41) is 8.50. The highest BCUT2D eigenvalue weighted by atomic mass is 16.5. The van der Waals surface area contributed by atoms with Crippen LogP contribution in [0.25, 0.3) is 5.78 Å². The van der Waals surface area contributed by atoms with Crippen LogP contribution in [0.5, 0.6) is 0 Å². The molecule has 3 fully saturated rings. The Morgan fingerprint density at radius 3 is 2.64 bits per heavy atom. The maximum Gasteiger partial charge on any atom is 0.254 e. The van der Waals surface area contributed by atoms with Crippen molar-refractivity contribution in [2.24, 2.45) is 0 Å². The number of aromatic nitrogens is 4. The van der Waals surface area contributed by atoms with Gasteiger partial charge in [-0.3, -0.25) is 0 Å². The molecule has 1 N–H and O–H groups in total. The molecular formula is C21H32N6O. The molecule has 28 heavy (non-hydrogen) atoms. The molecule has 2 aliphatic heterocycles. The quantitative estimate of drug-likeness (QED) is 0.878. The van der Waals surface area contributed by atoms with Gasteiger partial charge in [-0.15, -0.1) is 5.10 Å². The monoisotopic (exact) mass is 384 g/mol. The lowest BCUT2D eigenvalue weighted by Crippen LogP contribution is -2.49. The summed E-state index contributed by atoms with van der Waals surface area (Å²) in [6.07, 6.45) is 8.51. The molecule has 4 heterocycles. The van der Waals surface area contributed by atoms with Crippen LogP contribution in [0.15, 0.2) is 6.07 Å². The van der Waals surface area contributed by atoms with Gasteiger partial charge in [0.25, 0.3) is 5.78 Å². The van der Waals surface area contributed by atoms with Crippen LogP contribution in [0.1, 0.15) is 75.2 Å². The molecule has 0 spiro atoms. The van der Waals surface area contributed by atoms with E-state index in [1.807, 2.05) is 4.52 Å².